The minimum Gasteiger partial charge on any atom is -0.492 e. The number of hydrogen-bond donors (Lipinski definition) is 1. The van der Waals surface area contributed by atoms with Gasteiger partial charge in [-0.2, -0.15) is 0 Å². The number of rotatable bonds is 6. The Kier molecular flexibility index (Phi) is 8.79. The fourth-order valence-electron chi connectivity index (χ4n) is 1.55. The molecule has 0 aliphatic carbocycles. The molecular weight excluding hydrogens is 293 g/mol. The molecule has 0 saturated heterocycles. The minimum atomic E-state index is 0. The topological polar surface area (TPSA) is 21.3 Å². The summed E-state index contributed by atoms with van der Waals surface area (Å²) in [5.41, 5.74) is 1.00. The number of nitrogens with one attached hydrogen (secondary N) is 1. The van der Waals surface area contributed by atoms with Gasteiger partial charge in [-0.3, -0.25) is 0 Å². The van der Waals surface area contributed by atoms with E-state index in [1.165, 1.54) is 0 Å². The predicted octanol–water partition coefficient (Wildman–Crippen LogP) is 4.56. The average molecular weight is 313 g/mol. The quantitative estimate of drug-likeness (QED) is 0.831. The van der Waals surface area contributed by atoms with Crippen LogP contribution in [0.4, 0.5) is 0 Å². The Bertz CT molecular complexity index is 369. The summed E-state index contributed by atoms with van der Waals surface area (Å²) < 4.78 is 5.55. The summed E-state index contributed by atoms with van der Waals surface area (Å²) in [6, 6.07) is 3.60. The Balaban J connectivity index is 0.00000289. The van der Waals surface area contributed by atoms with Crippen LogP contribution in [0.2, 0.25) is 10.0 Å². The molecule has 0 aliphatic rings. The second-order valence-electron chi connectivity index (χ2n) is 4.33. The fourth-order valence-corrected chi connectivity index (χ4v) is 2.14. The summed E-state index contributed by atoms with van der Waals surface area (Å²) >= 11 is 12.1. The molecule has 0 fully saturated rings. The molecule has 0 unspecified atom stereocenters. The van der Waals surface area contributed by atoms with Gasteiger partial charge < -0.3 is 10.1 Å². The molecular formula is C13H20Cl3NO. The van der Waals surface area contributed by atoms with Crippen LogP contribution in [0.3, 0.4) is 0 Å². The summed E-state index contributed by atoms with van der Waals surface area (Å²) in [5.74, 6) is 1.34. The van der Waals surface area contributed by atoms with Crippen LogP contribution in [0.5, 0.6) is 5.75 Å². The van der Waals surface area contributed by atoms with Crippen LogP contribution in [-0.4, -0.2) is 13.2 Å². The SMILES string of the molecule is CCOc1c(Cl)cc(Cl)cc1CNCC(C)C.Cl. The highest BCUT2D eigenvalue weighted by Gasteiger charge is 2.10. The van der Waals surface area contributed by atoms with Crippen molar-refractivity contribution in [3.63, 3.8) is 0 Å². The summed E-state index contributed by atoms with van der Waals surface area (Å²) in [5, 5.41) is 4.57. The number of hydrogen-bond acceptors (Lipinski definition) is 2. The lowest BCUT2D eigenvalue weighted by molar-refractivity contribution is 0.335. The van der Waals surface area contributed by atoms with Gasteiger partial charge in [0, 0.05) is 17.1 Å². The third-order valence-corrected chi connectivity index (χ3v) is 2.74. The highest BCUT2D eigenvalue weighted by molar-refractivity contribution is 6.35. The first kappa shape index (κ1) is 17.8. The maximum atomic E-state index is 6.12. The number of halogens is 3. The maximum Gasteiger partial charge on any atom is 0.142 e. The van der Waals surface area contributed by atoms with E-state index in [1.54, 1.807) is 6.07 Å². The van der Waals surface area contributed by atoms with E-state index in [9.17, 15) is 0 Å². The van der Waals surface area contributed by atoms with Crippen molar-refractivity contribution < 1.29 is 4.74 Å². The molecule has 18 heavy (non-hydrogen) atoms. The molecule has 0 amide bonds. The van der Waals surface area contributed by atoms with Gasteiger partial charge in [0.15, 0.2) is 0 Å². The second-order valence-corrected chi connectivity index (χ2v) is 5.18. The number of ether oxygens (including phenoxy) is 1. The van der Waals surface area contributed by atoms with Crippen molar-refractivity contribution in [3.8, 4) is 5.75 Å². The molecule has 5 heteroatoms. The van der Waals surface area contributed by atoms with Crippen molar-refractivity contribution in [3.05, 3.63) is 27.7 Å². The standard InChI is InChI=1S/C13H19Cl2NO.ClH/c1-4-17-13-10(8-16-7-9(2)3)5-11(14)6-12(13)15;/h5-6,9,16H,4,7-8H2,1-3H3;1H. The summed E-state index contributed by atoms with van der Waals surface area (Å²) in [4.78, 5) is 0. The highest BCUT2D eigenvalue weighted by atomic mass is 35.5. The smallest absolute Gasteiger partial charge is 0.142 e. The molecule has 104 valence electrons. The van der Waals surface area contributed by atoms with Crippen molar-refractivity contribution in [2.24, 2.45) is 5.92 Å². The van der Waals surface area contributed by atoms with E-state index in [1.807, 2.05) is 13.0 Å². The highest BCUT2D eigenvalue weighted by Crippen LogP contribution is 2.32. The van der Waals surface area contributed by atoms with Crippen LogP contribution in [0.25, 0.3) is 0 Å². The van der Waals surface area contributed by atoms with E-state index in [0.29, 0.717) is 29.1 Å². The molecule has 1 N–H and O–H groups in total. The van der Waals surface area contributed by atoms with E-state index in [-0.39, 0.29) is 12.4 Å². The molecule has 1 rings (SSSR count). The molecule has 0 atom stereocenters. The predicted molar refractivity (Wildman–Crippen MR) is 81.4 cm³/mol. The lowest BCUT2D eigenvalue weighted by Crippen LogP contribution is -2.19. The van der Waals surface area contributed by atoms with Gasteiger partial charge in [0.1, 0.15) is 5.75 Å². The summed E-state index contributed by atoms with van der Waals surface area (Å²) in [6.45, 7) is 8.54. The zero-order valence-electron chi connectivity index (χ0n) is 10.9. The van der Waals surface area contributed by atoms with Crippen molar-refractivity contribution in [1.29, 1.82) is 0 Å². The number of benzene rings is 1. The molecule has 0 spiro atoms. The zero-order valence-corrected chi connectivity index (χ0v) is 13.3. The lowest BCUT2D eigenvalue weighted by Gasteiger charge is -2.14. The summed E-state index contributed by atoms with van der Waals surface area (Å²) in [6.07, 6.45) is 0. The molecule has 0 heterocycles. The Hall–Kier alpha value is -0.150. The van der Waals surface area contributed by atoms with Gasteiger partial charge in [0.2, 0.25) is 0 Å². The Morgan fingerprint density at radius 1 is 1.28 bits per heavy atom. The van der Waals surface area contributed by atoms with Gasteiger partial charge in [-0.1, -0.05) is 37.0 Å². The van der Waals surface area contributed by atoms with E-state index < -0.39 is 0 Å². The first-order valence-corrected chi connectivity index (χ1v) is 6.61. The Labute approximate surface area is 125 Å². The third-order valence-electron chi connectivity index (χ3n) is 2.24. The van der Waals surface area contributed by atoms with Crippen LogP contribution >= 0.6 is 35.6 Å². The molecule has 0 saturated carbocycles. The van der Waals surface area contributed by atoms with Crippen molar-refractivity contribution >= 4 is 35.6 Å². The fraction of sp³-hybridized carbons (Fsp3) is 0.538. The summed E-state index contributed by atoms with van der Waals surface area (Å²) in [7, 11) is 0. The molecule has 1 aromatic rings. The van der Waals surface area contributed by atoms with Crippen LogP contribution < -0.4 is 10.1 Å². The molecule has 0 radical (unpaired) electrons. The molecule has 2 nitrogen and oxygen atoms in total. The largest absolute Gasteiger partial charge is 0.492 e. The molecule has 0 bridgehead atoms. The molecule has 0 aliphatic heterocycles. The first-order valence-electron chi connectivity index (χ1n) is 5.86. The first-order chi connectivity index (χ1) is 8.04. The van der Waals surface area contributed by atoms with Gasteiger partial charge in [-0.05, 0) is 31.5 Å². The van der Waals surface area contributed by atoms with E-state index in [4.69, 9.17) is 27.9 Å². The Morgan fingerprint density at radius 3 is 2.50 bits per heavy atom. The van der Waals surface area contributed by atoms with Crippen LogP contribution in [-0.2, 0) is 6.54 Å². The monoisotopic (exact) mass is 311 g/mol. The van der Waals surface area contributed by atoms with E-state index in [0.717, 1.165) is 17.9 Å². The van der Waals surface area contributed by atoms with Crippen LogP contribution in [0.15, 0.2) is 12.1 Å². The van der Waals surface area contributed by atoms with Crippen molar-refractivity contribution in [2.45, 2.75) is 27.3 Å². The Morgan fingerprint density at radius 2 is 1.94 bits per heavy atom. The third kappa shape index (κ3) is 5.66. The van der Waals surface area contributed by atoms with Gasteiger partial charge in [-0.15, -0.1) is 12.4 Å². The van der Waals surface area contributed by atoms with E-state index >= 15 is 0 Å². The van der Waals surface area contributed by atoms with Gasteiger partial charge in [-0.25, -0.2) is 0 Å². The van der Waals surface area contributed by atoms with Crippen LogP contribution in [0.1, 0.15) is 26.3 Å². The lowest BCUT2D eigenvalue weighted by atomic mass is 10.1. The minimum absolute atomic E-state index is 0. The van der Waals surface area contributed by atoms with Crippen molar-refractivity contribution in [1.82, 2.24) is 5.32 Å². The maximum absolute atomic E-state index is 6.12. The zero-order chi connectivity index (χ0) is 12.8. The van der Waals surface area contributed by atoms with Gasteiger partial charge >= 0.3 is 0 Å². The van der Waals surface area contributed by atoms with Crippen molar-refractivity contribution in [2.75, 3.05) is 13.2 Å². The van der Waals surface area contributed by atoms with Gasteiger partial charge in [0.05, 0.1) is 11.6 Å². The average Bonchev–Trinajstić information content (AvgIpc) is 2.22. The normalized spacial score (nSPS) is 10.3. The molecule has 0 aromatic heterocycles. The van der Waals surface area contributed by atoms with Gasteiger partial charge in [0.25, 0.3) is 0 Å². The molecule has 1 aromatic carbocycles. The van der Waals surface area contributed by atoms with E-state index in [2.05, 4.69) is 19.2 Å². The van der Waals surface area contributed by atoms with Crippen LogP contribution in [0, 0.1) is 5.92 Å². The second kappa shape index (κ2) is 8.87.